The van der Waals surface area contributed by atoms with Gasteiger partial charge in [-0.1, -0.05) is 59.8 Å². The van der Waals surface area contributed by atoms with E-state index in [0.29, 0.717) is 5.69 Å². The number of hydrogen-bond donors (Lipinski definition) is 2. The zero-order valence-corrected chi connectivity index (χ0v) is 19.5. The third-order valence-corrected chi connectivity index (χ3v) is 6.65. The van der Waals surface area contributed by atoms with E-state index >= 15 is 0 Å². The summed E-state index contributed by atoms with van der Waals surface area (Å²) in [7, 11) is 1.65. The first-order chi connectivity index (χ1) is 15.5. The zero-order valence-electron chi connectivity index (χ0n) is 18.6. The van der Waals surface area contributed by atoms with Gasteiger partial charge in [0.25, 0.3) is 5.91 Å². The van der Waals surface area contributed by atoms with Crippen LogP contribution in [0.25, 0.3) is 10.9 Å². The van der Waals surface area contributed by atoms with Crippen LogP contribution in [0.4, 0.5) is 0 Å². The molecule has 1 heterocycles. The van der Waals surface area contributed by atoms with E-state index in [1.165, 1.54) is 11.1 Å². The quantitative estimate of drug-likeness (QED) is 0.331. The summed E-state index contributed by atoms with van der Waals surface area (Å²) in [4.78, 5) is 18.6. The Kier molecular flexibility index (Phi) is 6.86. The molecule has 0 bridgehead atoms. The summed E-state index contributed by atoms with van der Waals surface area (Å²) in [6, 6.07) is 24.6. The maximum Gasteiger partial charge on any atom is 0.269 e. The third-order valence-electron chi connectivity index (χ3n) is 5.51. The molecule has 0 saturated heterocycles. The molecule has 1 aromatic heterocycles. The van der Waals surface area contributed by atoms with Crippen LogP contribution in [-0.4, -0.2) is 24.0 Å². The van der Waals surface area contributed by atoms with Crippen LogP contribution in [-0.2, 0) is 6.42 Å². The molecule has 0 saturated carbocycles. The molecule has 5 heteroatoms. The van der Waals surface area contributed by atoms with Crippen LogP contribution in [0.5, 0.6) is 5.75 Å². The van der Waals surface area contributed by atoms with E-state index in [0.717, 1.165) is 39.3 Å². The van der Waals surface area contributed by atoms with Crippen molar-refractivity contribution in [2.24, 2.45) is 0 Å². The fourth-order valence-corrected chi connectivity index (χ4v) is 4.71. The van der Waals surface area contributed by atoms with Gasteiger partial charge >= 0.3 is 0 Å². The number of ether oxygens (including phenoxy) is 1. The second-order valence-electron chi connectivity index (χ2n) is 8.05. The van der Waals surface area contributed by atoms with Crippen molar-refractivity contribution in [2.45, 2.75) is 42.5 Å². The monoisotopic (exact) mass is 444 g/mol. The average Bonchev–Trinajstić information content (AvgIpc) is 3.17. The van der Waals surface area contributed by atoms with Gasteiger partial charge in [0, 0.05) is 22.4 Å². The number of fused-ring (bicyclic) bond motifs is 1. The Hall–Kier alpha value is -3.18. The van der Waals surface area contributed by atoms with Crippen molar-refractivity contribution in [3.05, 3.63) is 89.6 Å². The molecule has 0 unspecified atom stereocenters. The molecule has 0 spiro atoms. The fraction of sp³-hybridized carbons (Fsp3) is 0.222. The third kappa shape index (κ3) is 5.17. The fourth-order valence-electron chi connectivity index (χ4n) is 3.66. The summed E-state index contributed by atoms with van der Waals surface area (Å²) < 4.78 is 5.37. The highest BCUT2D eigenvalue weighted by Gasteiger charge is 2.20. The lowest BCUT2D eigenvalue weighted by Gasteiger charge is -2.14. The SMILES string of the molecule is COc1ccc2c(Sc3ccc(C)cc3)c(C(=O)N[C@@H](C)CCc3ccccc3)[nH]c2c1. The molecule has 0 fully saturated rings. The van der Waals surface area contributed by atoms with E-state index in [2.05, 4.69) is 60.5 Å². The minimum Gasteiger partial charge on any atom is -0.497 e. The number of nitrogens with one attached hydrogen (secondary N) is 2. The van der Waals surface area contributed by atoms with E-state index in [-0.39, 0.29) is 11.9 Å². The predicted octanol–water partition coefficient (Wildman–Crippen LogP) is 6.39. The first-order valence-electron chi connectivity index (χ1n) is 10.8. The van der Waals surface area contributed by atoms with Crippen molar-refractivity contribution in [1.29, 1.82) is 0 Å². The largest absolute Gasteiger partial charge is 0.497 e. The number of amides is 1. The van der Waals surface area contributed by atoms with Crippen LogP contribution < -0.4 is 10.1 Å². The number of aryl methyl sites for hydroxylation is 2. The van der Waals surface area contributed by atoms with Crippen molar-refractivity contribution in [1.82, 2.24) is 10.3 Å². The molecule has 4 aromatic rings. The van der Waals surface area contributed by atoms with Crippen LogP contribution in [0.3, 0.4) is 0 Å². The molecule has 4 rings (SSSR count). The summed E-state index contributed by atoms with van der Waals surface area (Å²) in [5.41, 5.74) is 3.97. The van der Waals surface area contributed by atoms with Gasteiger partial charge in [-0.05, 0) is 56.5 Å². The van der Waals surface area contributed by atoms with Gasteiger partial charge in [-0.15, -0.1) is 0 Å². The highest BCUT2D eigenvalue weighted by atomic mass is 32.2. The average molecular weight is 445 g/mol. The minimum atomic E-state index is -0.0876. The molecule has 0 aliphatic heterocycles. The second kappa shape index (κ2) is 9.96. The topological polar surface area (TPSA) is 54.1 Å². The van der Waals surface area contributed by atoms with Crippen molar-refractivity contribution in [2.75, 3.05) is 7.11 Å². The summed E-state index contributed by atoms with van der Waals surface area (Å²) in [6.07, 6.45) is 1.81. The molecule has 2 N–H and O–H groups in total. The molecule has 1 atom stereocenters. The van der Waals surface area contributed by atoms with Crippen LogP contribution in [0.1, 0.15) is 35.0 Å². The Morgan fingerprint density at radius 1 is 1.06 bits per heavy atom. The first-order valence-corrected chi connectivity index (χ1v) is 11.6. The molecule has 3 aromatic carbocycles. The van der Waals surface area contributed by atoms with E-state index in [1.807, 2.05) is 36.4 Å². The number of carbonyl (C=O) groups is 1. The minimum absolute atomic E-state index is 0.0564. The summed E-state index contributed by atoms with van der Waals surface area (Å²) >= 11 is 1.61. The predicted molar refractivity (Wildman–Crippen MR) is 132 cm³/mol. The van der Waals surface area contributed by atoms with Crippen LogP contribution >= 0.6 is 11.8 Å². The van der Waals surface area contributed by atoms with E-state index in [4.69, 9.17) is 4.74 Å². The molecular weight excluding hydrogens is 416 g/mol. The molecule has 164 valence electrons. The number of H-pyrrole nitrogens is 1. The van der Waals surface area contributed by atoms with Gasteiger partial charge in [-0.25, -0.2) is 0 Å². The summed E-state index contributed by atoms with van der Waals surface area (Å²) in [5, 5.41) is 4.19. The Balaban J connectivity index is 1.57. The highest BCUT2D eigenvalue weighted by Crippen LogP contribution is 2.38. The lowest BCUT2D eigenvalue weighted by molar-refractivity contribution is 0.0931. The van der Waals surface area contributed by atoms with Gasteiger partial charge in [-0.2, -0.15) is 0 Å². The van der Waals surface area contributed by atoms with E-state index in [1.54, 1.807) is 18.9 Å². The summed E-state index contributed by atoms with van der Waals surface area (Å²) in [5.74, 6) is 0.671. The molecule has 0 aliphatic carbocycles. The molecule has 32 heavy (non-hydrogen) atoms. The molecule has 0 aliphatic rings. The van der Waals surface area contributed by atoms with Gasteiger partial charge in [0.05, 0.1) is 17.5 Å². The lowest BCUT2D eigenvalue weighted by atomic mass is 10.1. The van der Waals surface area contributed by atoms with Gasteiger partial charge in [0.1, 0.15) is 11.4 Å². The van der Waals surface area contributed by atoms with Crippen molar-refractivity contribution in [3.63, 3.8) is 0 Å². The van der Waals surface area contributed by atoms with Crippen LogP contribution in [0.2, 0.25) is 0 Å². The normalized spacial score (nSPS) is 12.0. The van der Waals surface area contributed by atoms with Crippen LogP contribution in [0, 0.1) is 6.92 Å². The van der Waals surface area contributed by atoms with Crippen molar-refractivity contribution >= 4 is 28.6 Å². The maximum atomic E-state index is 13.3. The molecule has 0 radical (unpaired) electrons. The standard InChI is InChI=1S/C27H28N2O2S/c1-18-9-14-22(15-10-18)32-26-23-16-13-21(31-3)17-24(23)29-25(26)27(30)28-19(2)11-12-20-7-5-4-6-8-20/h4-10,13-17,19,29H,11-12H2,1-3H3,(H,28,30)/t19-/m0/s1. The summed E-state index contributed by atoms with van der Waals surface area (Å²) in [6.45, 7) is 4.13. The van der Waals surface area contributed by atoms with Gasteiger partial charge in [0.15, 0.2) is 0 Å². The Labute approximate surface area is 193 Å². The number of aromatic nitrogens is 1. The lowest BCUT2D eigenvalue weighted by Crippen LogP contribution is -2.33. The number of hydrogen-bond acceptors (Lipinski definition) is 3. The Bertz CT molecular complexity index is 1200. The first kappa shape index (κ1) is 22.0. The number of benzene rings is 3. The Morgan fingerprint density at radius 2 is 1.81 bits per heavy atom. The van der Waals surface area contributed by atoms with Gasteiger partial charge in [0.2, 0.25) is 0 Å². The maximum absolute atomic E-state index is 13.3. The van der Waals surface area contributed by atoms with Gasteiger partial charge < -0.3 is 15.0 Å². The molecule has 4 nitrogen and oxygen atoms in total. The second-order valence-corrected chi connectivity index (χ2v) is 9.14. The number of carbonyl (C=O) groups excluding carboxylic acids is 1. The van der Waals surface area contributed by atoms with E-state index < -0.39 is 0 Å². The molecular formula is C27H28N2O2S. The smallest absolute Gasteiger partial charge is 0.269 e. The number of rotatable bonds is 8. The van der Waals surface area contributed by atoms with Crippen molar-refractivity contribution < 1.29 is 9.53 Å². The van der Waals surface area contributed by atoms with Crippen molar-refractivity contribution in [3.8, 4) is 5.75 Å². The molecule has 1 amide bonds. The van der Waals surface area contributed by atoms with E-state index in [9.17, 15) is 4.79 Å². The Morgan fingerprint density at radius 3 is 2.53 bits per heavy atom. The highest BCUT2D eigenvalue weighted by molar-refractivity contribution is 7.99. The number of aromatic amines is 1. The van der Waals surface area contributed by atoms with Crippen LogP contribution in [0.15, 0.2) is 82.6 Å². The number of methoxy groups -OCH3 is 1. The van der Waals surface area contributed by atoms with Gasteiger partial charge in [-0.3, -0.25) is 4.79 Å². The zero-order chi connectivity index (χ0) is 22.5.